The summed E-state index contributed by atoms with van der Waals surface area (Å²) in [4.78, 5) is 10.5. The molecule has 1 heteroatoms. The minimum atomic E-state index is 0.215. The fourth-order valence-electron chi connectivity index (χ4n) is 1.13. The molecule has 0 spiro atoms. The summed E-state index contributed by atoms with van der Waals surface area (Å²) in [5.74, 6) is 0.215. The van der Waals surface area contributed by atoms with Crippen molar-refractivity contribution in [3.05, 3.63) is 12.2 Å². The Morgan fingerprint density at radius 2 is 2.27 bits per heavy atom. The minimum absolute atomic E-state index is 0.215. The van der Waals surface area contributed by atoms with Crippen LogP contribution in [0.15, 0.2) is 12.2 Å². The van der Waals surface area contributed by atoms with Crippen LogP contribution in [-0.2, 0) is 4.79 Å². The van der Waals surface area contributed by atoms with E-state index in [1.54, 1.807) is 0 Å². The molecular weight excluding hydrogens is 136 g/mol. The molecule has 0 aliphatic carbocycles. The summed E-state index contributed by atoms with van der Waals surface area (Å²) in [7, 11) is 0. The zero-order valence-electron chi connectivity index (χ0n) is 7.60. The van der Waals surface area contributed by atoms with Crippen LogP contribution in [0, 0.1) is 5.92 Å². The topological polar surface area (TPSA) is 17.1 Å². The number of carbonyl (C=O) groups excluding carboxylic acids is 1. The smallest absolute Gasteiger partial charge is 0.123 e. The van der Waals surface area contributed by atoms with Crippen LogP contribution in [0.1, 0.15) is 39.5 Å². The Bertz CT molecular complexity index is 127. The lowest BCUT2D eigenvalue weighted by atomic mass is 9.97. The van der Waals surface area contributed by atoms with Gasteiger partial charge in [0.15, 0.2) is 0 Å². The van der Waals surface area contributed by atoms with E-state index in [9.17, 15) is 4.79 Å². The van der Waals surface area contributed by atoms with E-state index in [-0.39, 0.29) is 5.92 Å². The lowest BCUT2D eigenvalue weighted by Crippen LogP contribution is -2.01. The molecule has 0 aromatic carbocycles. The van der Waals surface area contributed by atoms with Gasteiger partial charge < -0.3 is 4.79 Å². The van der Waals surface area contributed by atoms with Crippen molar-refractivity contribution < 1.29 is 4.79 Å². The molecule has 0 aromatic rings. The van der Waals surface area contributed by atoms with Crippen LogP contribution in [0.2, 0.25) is 0 Å². The molecule has 0 heterocycles. The van der Waals surface area contributed by atoms with Crippen molar-refractivity contribution in [3.8, 4) is 0 Å². The first-order valence-electron chi connectivity index (χ1n) is 4.30. The molecule has 1 atom stereocenters. The molecule has 1 nitrogen and oxygen atoms in total. The predicted molar refractivity (Wildman–Crippen MR) is 48.5 cm³/mol. The second-order valence-corrected chi connectivity index (χ2v) is 3.20. The Labute approximate surface area is 69.5 Å². The lowest BCUT2D eigenvalue weighted by molar-refractivity contribution is -0.111. The summed E-state index contributed by atoms with van der Waals surface area (Å²) in [6.07, 6.45) is 5.26. The molecular formula is C10H18O. The highest BCUT2D eigenvalue weighted by Gasteiger charge is 2.05. The van der Waals surface area contributed by atoms with Gasteiger partial charge in [0, 0.05) is 5.92 Å². The van der Waals surface area contributed by atoms with Gasteiger partial charge in [-0.1, -0.05) is 25.3 Å². The maximum Gasteiger partial charge on any atom is 0.123 e. The fourth-order valence-corrected chi connectivity index (χ4v) is 1.13. The third-order valence-electron chi connectivity index (χ3n) is 1.73. The fraction of sp³-hybridized carbons (Fsp3) is 0.700. The van der Waals surface area contributed by atoms with Crippen LogP contribution < -0.4 is 0 Å². The summed E-state index contributed by atoms with van der Waals surface area (Å²) < 4.78 is 0. The van der Waals surface area contributed by atoms with Crippen LogP contribution in [-0.4, -0.2) is 6.29 Å². The molecule has 0 rings (SSSR count). The minimum Gasteiger partial charge on any atom is -0.303 e. The van der Waals surface area contributed by atoms with Gasteiger partial charge in [-0.25, -0.2) is 0 Å². The zero-order chi connectivity index (χ0) is 8.69. The molecule has 0 fully saturated rings. The number of hydrogen-bond donors (Lipinski definition) is 0. The molecule has 11 heavy (non-hydrogen) atoms. The normalized spacial score (nSPS) is 12.5. The second-order valence-electron chi connectivity index (χ2n) is 3.20. The number of rotatable bonds is 6. The third-order valence-corrected chi connectivity index (χ3v) is 1.73. The van der Waals surface area contributed by atoms with Gasteiger partial charge in [0.05, 0.1) is 0 Å². The summed E-state index contributed by atoms with van der Waals surface area (Å²) in [5.41, 5.74) is 1.11. The van der Waals surface area contributed by atoms with Gasteiger partial charge >= 0.3 is 0 Å². The van der Waals surface area contributed by atoms with Gasteiger partial charge in [0.2, 0.25) is 0 Å². The maximum absolute atomic E-state index is 10.5. The Morgan fingerprint density at radius 1 is 1.64 bits per heavy atom. The average Bonchev–Trinajstić information content (AvgIpc) is 1.97. The molecule has 0 saturated carbocycles. The molecule has 0 aromatic heterocycles. The predicted octanol–water partition coefficient (Wildman–Crippen LogP) is 2.96. The van der Waals surface area contributed by atoms with Gasteiger partial charge in [0.1, 0.15) is 6.29 Å². The Balaban J connectivity index is 3.57. The molecule has 0 amide bonds. The van der Waals surface area contributed by atoms with Gasteiger partial charge in [-0.2, -0.15) is 0 Å². The Kier molecular flexibility index (Phi) is 5.81. The van der Waals surface area contributed by atoms with E-state index in [1.165, 1.54) is 6.42 Å². The van der Waals surface area contributed by atoms with E-state index in [0.717, 1.165) is 31.1 Å². The molecule has 0 radical (unpaired) electrons. The highest BCUT2D eigenvalue weighted by Crippen LogP contribution is 2.14. The first-order valence-corrected chi connectivity index (χ1v) is 4.30. The van der Waals surface area contributed by atoms with Crippen LogP contribution in [0.5, 0.6) is 0 Å². The Morgan fingerprint density at radius 3 is 2.64 bits per heavy atom. The van der Waals surface area contributed by atoms with Gasteiger partial charge in [-0.05, 0) is 19.8 Å². The average molecular weight is 154 g/mol. The van der Waals surface area contributed by atoms with Crippen LogP contribution in [0.25, 0.3) is 0 Å². The lowest BCUT2D eigenvalue weighted by Gasteiger charge is -2.07. The van der Waals surface area contributed by atoms with Crippen LogP contribution in [0.3, 0.4) is 0 Å². The first kappa shape index (κ1) is 10.4. The number of aldehydes is 1. The Hall–Kier alpha value is -0.590. The van der Waals surface area contributed by atoms with Crippen molar-refractivity contribution in [1.82, 2.24) is 0 Å². The quantitative estimate of drug-likeness (QED) is 0.424. The third kappa shape index (κ3) is 5.84. The van der Waals surface area contributed by atoms with Crippen molar-refractivity contribution >= 4 is 6.29 Å². The molecule has 0 saturated heterocycles. The molecule has 0 bridgehead atoms. The summed E-state index contributed by atoms with van der Waals surface area (Å²) in [6, 6.07) is 0. The monoisotopic (exact) mass is 154 g/mol. The van der Waals surface area contributed by atoms with Crippen LogP contribution >= 0.6 is 0 Å². The van der Waals surface area contributed by atoms with Gasteiger partial charge in [0.25, 0.3) is 0 Å². The highest BCUT2D eigenvalue weighted by molar-refractivity contribution is 5.53. The van der Waals surface area contributed by atoms with Crippen molar-refractivity contribution in [2.75, 3.05) is 0 Å². The van der Waals surface area contributed by atoms with Gasteiger partial charge in [-0.3, -0.25) is 0 Å². The summed E-state index contributed by atoms with van der Waals surface area (Å²) in [6.45, 7) is 7.91. The van der Waals surface area contributed by atoms with Crippen molar-refractivity contribution in [2.24, 2.45) is 5.92 Å². The standard InChI is InChI=1S/C10H18O/c1-4-5-6-10(8-11)7-9(2)3/h8,10H,2,4-7H2,1,3H3. The molecule has 0 aliphatic heterocycles. The van der Waals surface area contributed by atoms with E-state index in [2.05, 4.69) is 13.5 Å². The number of hydrogen-bond acceptors (Lipinski definition) is 1. The molecule has 0 aliphatic rings. The van der Waals surface area contributed by atoms with E-state index in [1.807, 2.05) is 6.92 Å². The number of allylic oxidation sites excluding steroid dienone is 1. The second kappa shape index (κ2) is 6.14. The van der Waals surface area contributed by atoms with E-state index in [4.69, 9.17) is 0 Å². The highest BCUT2D eigenvalue weighted by atomic mass is 16.1. The van der Waals surface area contributed by atoms with Gasteiger partial charge in [-0.15, -0.1) is 6.58 Å². The molecule has 1 unspecified atom stereocenters. The first-order chi connectivity index (χ1) is 5.20. The van der Waals surface area contributed by atoms with E-state index < -0.39 is 0 Å². The zero-order valence-corrected chi connectivity index (χ0v) is 7.60. The van der Waals surface area contributed by atoms with Crippen molar-refractivity contribution in [1.29, 1.82) is 0 Å². The summed E-state index contributed by atoms with van der Waals surface area (Å²) >= 11 is 0. The number of unbranched alkanes of at least 4 members (excludes halogenated alkanes) is 1. The SMILES string of the molecule is C=C(C)CC(C=O)CCCC. The summed E-state index contributed by atoms with van der Waals surface area (Å²) in [5, 5.41) is 0. The maximum atomic E-state index is 10.5. The molecule has 0 N–H and O–H groups in total. The largest absolute Gasteiger partial charge is 0.303 e. The van der Waals surface area contributed by atoms with Crippen molar-refractivity contribution in [2.45, 2.75) is 39.5 Å². The van der Waals surface area contributed by atoms with Crippen LogP contribution in [0.4, 0.5) is 0 Å². The van der Waals surface area contributed by atoms with Crippen molar-refractivity contribution in [3.63, 3.8) is 0 Å². The van der Waals surface area contributed by atoms with E-state index >= 15 is 0 Å². The molecule has 64 valence electrons. The van der Waals surface area contributed by atoms with E-state index in [0.29, 0.717) is 0 Å². The number of carbonyl (C=O) groups is 1.